The molecule has 2 aromatic carbocycles. The Labute approximate surface area is 240 Å². The number of fused-ring (bicyclic) bond motifs is 2. The normalized spacial score (nSPS) is 19.7. The van der Waals surface area contributed by atoms with Crippen LogP contribution >= 0.6 is 11.3 Å². The van der Waals surface area contributed by atoms with Crippen molar-refractivity contribution >= 4 is 42.6 Å². The lowest BCUT2D eigenvalue weighted by atomic mass is 9.94. The highest BCUT2D eigenvalue weighted by Gasteiger charge is 2.32. The van der Waals surface area contributed by atoms with Crippen molar-refractivity contribution in [3.8, 4) is 11.5 Å². The molecular weight excluding hydrogens is 548 g/mol. The summed E-state index contributed by atoms with van der Waals surface area (Å²) in [6.07, 6.45) is 1.03. The van der Waals surface area contributed by atoms with Crippen molar-refractivity contribution in [2.45, 2.75) is 39.0 Å². The Morgan fingerprint density at radius 2 is 1.62 bits per heavy atom. The van der Waals surface area contributed by atoms with Crippen LogP contribution in [0.4, 0.5) is 5.13 Å². The molecule has 1 amide bonds. The van der Waals surface area contributed by atoms with Crippen molar-refractivity contribution in [1.82, 2.24) is 14.2 Å². The summed E-state index contributed by atoms with van der Waals surface area (Å²) in [4.78, 5) is 22.8. The highest BCUT2D eigenvalue weighted by atomic mass is 32.2. The predicted octanol–water partition coefficient (Wildman–Crippen LogP) is 4.72. The van der Waals surface area contributed by atoms with Gasteiger partial charge in [-0.2, -0.15) is 4.31 Å². The van der Waals surface area contributed by atoms with Crippen LogP contribution in [0.5, 0.6) is 11.5 Å². The number of rotatable bonds is 9. The molecule has 5 rings (SSSR count). The second-order valence-electron chi connectivity index (χ2n) is 10.7. The summed E-state index contributed by atoms with van der Waals surface area (Å²) in [7, 11) is -3.63. The number of amides is 1. The summed E-state index contributed by atoms with van der Waals surface area (Å²) in [6, 6.07) is 10.1. The highest BCUT2D eigenvalue weighted by molar-refractivity contribution is 7.89. The fourth-order valence-corrected chi connectivity index (χ4v) is 8.19. The van der Waals surface area contributed by atoms with Gasteiger partial charge < -0.3 is 14.4 Å². The number of aromatic nitrogens is 1. The molecule has 1 saturated heterocycles. The molecule has 1 fully saturated rings. The number of piperidine rings is 1. The maximum atomic E-state index is 13.9. The van der Waals surface area contributed by atoms with E-state index in [2.05, 4.69) is 32.6 Å². The summed E-state index contributed by atoms with van der Waals surface area (Å²) in [5.74, 6) is 1.76. The van der Waals surface area contributed by atoms with Gasteiger partial charge in [-0.15, -0.1) is 0 Å². The van der Waals surface area contributed by atoms with Crippen LogP contribution < -0.4 is 14.4 Å². The van der Waals surface area contributed by atoms with Crippen LogP contribution in [0.3, 0.4) is 0 Å². The third kappa shape index (κ3) is 5.97. The fourth-order valence-electron chi connectivity index (χ4n) is 5.51. The van der Waals surface area contributed by atoms with Crippen molar-refractivity contribution in [1.29, 1.82) is 0 Å². The molecule has 0 radical (unpaired) electrons. The van der Waals surface area contributed by atoms with E-state index in [1.165, 1.54) is 11.3 Å². The van der Waals surface area contributed by atoms with Gasteiger partial charge in [0.1, 0.15) is 13.2 Å². The van der Waals surface area contributed by atoms with Gasteiger partial charge in [0.25, 0.3) is 5.91 Å². The zero-order chi connectivity index (χ0) is 28.4. The molecule has 9 nitrogen and oxygen atoms in total. The SMILES string of the molecule is CCN(CC)CCN(C(=O)c1ccc(S(=O)(=O)N2C[C@H](C)C[C@H](C)C2)cc1)c1nc2cc3c(cc2s1)OCCO3. The summed E-state index contributed by atoms with van der Waals surface area (Å²) < 4.78 is 40.7. The predicted molar refractivity (Wildman–Crippen MR) is 158 cm³/mol. The van der Waals surface area contributed by atoms with Crippen molar-refractivity contribution in [3.05, 3.63) is 42.0 Å². The molecule has 40 heavy (non-hydrogen) atoms. The van der Waals surface area contributed by atoms with Crippen LogP contribution in [0.1, 0.15) is 44.5 Å². The van der Waals surface area contributed by atoms with Gasteiger partial charge in [0.2, 0.25) is 10.0 Å². The van der Waals surface area contributed by atoms with Crippen LogP contribution in [0, 0.1) is 11.8 Å². The Hall–Kier alpha value is -2.73. The van der Waals surface area contributed by atoms with Crippen LogP contribution in [-0.2, 0) is 10.0 Å². The summed E-state index contributed by atoms with van der Waals surface area (Å²) in [5.41, 5.74) is 1.17. The average Bonchev–Trinajstić information content (AvgIpc) is 3.35. The van der Waals surface area contributed by atoms with Crippen molar-refractivity contribution < 1.29 is 22.7 Å². The zero-order valence-electron chi connectivity index (χ0n) is 23.6. The lowest BCUT2D eigenvalue weighted by Gasteiger charge is -2.34. The topological polar surface area (TPSA) is 92.3 Å². The Balaban J connectivity index is 1.43. The zero-order valence-corrected chi connectivity index (χ0v) is 25.3. The van der Waals surface area contributed by atoms with E-state index in [1.54, 1.807) is 33.5 Å². The molecule has 11 heteroatoms. The standard InChI is InChI=1S/C29H38N4O5S2/c1-5-31(6-2)11-12-33(29-30-24-16-25-26(17-27(24)39-29)38-14-13-37-25)28(34)22-7-9-23(10-8-22)40(35,36)32-18-20(3)15-21(4)19-32/h7-10,16-17,20-21H,5-6,11-15,18-19H2,1-4H3/t20-,21+. The summed E-state index contributed by atoms with van der Waals surface area (Å²) in [5, 5.41) is 0.586. The Morgan fingerprint density at radius 3 is 2.25 bits per heavy atom. The first-order valence-corrected chi connectivity index (χ1v) is 16.3. The molecule has 3 heterocycles. The first kappa shape index (κ1) is 28.8. The van der Waals surface area contributed by atoms with E-state index in [0.717, 1.165) is 29.7 Å². The monoisotopic (exact) mass is 586 g/mol. The number of ether oxygens (including phenoxy) is 2. The van der Waals surface area contributed by atoms with Crippen molar-refractivity contribution in [2.24, 2.45) is 11.8 Å². The summed E-state index contributed by atoms with van der Waals surface area (Å²) in [6.45, 7) is 13.3. The second-order valence-corrected chi connectivity index (χ2v) is 13.7. The van der Waals surface area contributed by atoms with Gasteiger partial charge in [0.15, 0.2) is 16.6 Å². The largest absolute Gasteiger partial charge is 0.486 e. The third-order valence-corrected chi connectivity index (χ3v) is 10.5. The molecule has 0 unspecified atom stereocenters. The average molecular weight is 587 g/mol. The lowest BCUT2D eigenvalue weighted by molar-refractivity contribution is 0.0983. The van der Waals surface area contributed by atoms with Crippen LogP contribution in [0.15, 0.2) is 41.3 Å². The van der Waals surface area contributed by atoms with E-state index in [9.17, 15) is 13.2 Å². The lowest BCUT2D eigenvalue weighted by Crippen LogP contribution is -2.42. The third-order valence-electron chi connectivity index (χ3n) is 7.63. The van der Waals surface area contributed by atoms with E-state index in [0.29, 0.717) is 73.4 Å². The van der Waals surface area contributed by atoms with Gasteiger partial charge in [-0.1, -0.05) is 39.0 Å². The van der Waals surface area contributed by atoms with E-state index in [4.69, 9.17) is 14.5 Å². The quantitative estimate of drug-likeness (QED) is 0.358. The van der Waals surface area contributed by atoms with Crippen molar-refractivity contribution in [3.63, 3.8) is 0 Å². The van der Waals surface area contributed by atoms with Gasteiger partial charge in [-0.3, -0.25) is 9.69 Å². The number of likely N-dealkylation sites (N-methyl/N-ethyl adjacent to an activating group) is 1. The van der Waals surface area contributed by atoms with Gasteiger partial charge >= 0.3 is 0 Å². The van der Waals surface area contributed by atoms with Gasteiger partial charge in [0.05, 0.1) is 15.1 Å². The molecule has 0 bridgehead atoms. The van der Waals surface area contributed by atoms with Crippen molar-refractivity contribution in [2.75, 3.05) is 57.4 Å². The number of anilines is 1. The number of nitrogens with zero attached hydrogens (tertiary/aromatic N) is 4. The number of sulfonamides is 1. The number of carbonyl (C=O) groups excluding carboxylic acids is 1. The van der Waals surface area contributed by atoms with E-state index >= 15 is 0 Å². The number of hydrogen-bond acceptors (Lipinski definition) is 8. The fraction of sp³-hybridized carbons (Fsp3) is 0.517. The van der Waals surface area contributed by atoms with E-state index in [-0.39, 0.29) is 10.8 Å². The maximum absolute atomic E-state index is 13.9. The molecular formula is C29H38N4O5S2. The minimum atomic E-state index is -3.63. The molecule has 216 valence electrons. The number of thiazole rings is 1. The molecule has 0 N–H and O–H groups in total. The van der Waals surface area contributed by atoms with Crippen LogP contribution in [0.2, 0.25) is 0 Å². The minimum Gasteiger partial charge on any atom is -0.486 e. The highest BCUT2D eigenvalue weighted by Crippen LogP contribution is 2.39. The van der Waals surface area contributed by atoms with Crippen LogP contribution in [0.25, 0.3) is 10.2 Å². The molecule has 1 aromatic heterocycles. The Bertz CT molecular complexity index is 1400. The Morgan fingerprint density at radius 1 is 1.00 bits per heavy atom. The molecule has 2 aliphatic rings. The molecule has 0 saturated carbocycles. The van der Waals surface area contributed by atoms with Gasteiger partial charge in [0, 0.05) is 43.9 Å². The molecule has 0 spiro atoms. The van der Waals surface area contributed by atoms with Gasteiger partial charge in [-0.25, -0.2) is 13.4 Å². The summed E-state index contributed by atoms with van der Waals surface area (Å²) >= 11 is 1.43. The Kier molecular flexibility index (Phi) is 8.65. The maximum Gasteiger partial charge on any atom is 0.260 e. The first-order chi connectivity index (χ1) is 19.2. The first-order valence-electron chi connectivity index (χ1n) is 14.0. The second kappa shape index (κ2) is 12.0. The van der Waals surface area contributed by atoms with Gasteiger partial charge in [-0.05, 0) is 55.6 Å². The van der Waals surface area contributed by atoms with Crippen LogP contribution in [-0.4, -0.2) is 81.0 Å². The number of carbonyl (C=O) groups is 1. The molecule has 3 aromatic rings. The molecule has 0 aliphatic carbocycles. The number of hydrogen-bond donors (Lipinski definition) is 0. The minimum absolute atomic E-state index is 0.214. The smallest absolute Gasteiger partial charge is 0.260 e. The molecule has 2 aliphatic heterocycles. The van der Waals surface area contributed by atoms with E-state index in [1.807, 2.05) is 12.1 Å². The molecule has 2 atom stereocenters. The number of benzene rings is 2. The van der Waals surface area contributed by atoms with E-state index < -0.39 is 10.0 Å².